The molecule has 3 rings (SSSR count). The molecule has 1 N–H and O–H groups in total. The van der Waals surface area contributed by atoms with E-state index >= 15 is 0 Å². The SMILES string of the molecule is Cn1c2c(c3ccc(Br)cc31)CCN(C(=O)O)C2C(C)(C)C. The van der Waals surface area contributed by atoms with E-state index in [0.29, 0.717) is 6.54 Å². The second kappa shape index (κ2) is 5.01. The fraction of sp³-hybridized carbons (Fsp3) is 0.471. The quantitative estimate of drug-likeness (QED) is 0.744. The zero-order chi connectivity index (χ0) is 16.2. The molecule has 1 unspecified atom stereocenters. The molecule has 0 radical (unpaired) electrons. The van der Waals surface area contributed by atoms with Gasteiger partial charge in [-0.05, 0) is 29.5 Å². The standard InChI is InChI=1S/C17H21BrN2O2/c1-17(2,3)15-14-12(7-8-20(15)16(21)22)11-6-5-10(18)9-13(11)19(14)4/h5-6,9,15H,7-8H2,1-4H3,(H,21,22). The van der Waals surface area contributed by atoms with Crippen LogP contribution in [0.1, 0.15) is 38.1 Å². The van der Waals surface area contributed by atoms with Gasteiger partial charge < -0.3 is 9.67 Å². The van der Waals surface area contributed by atoms with E-state index in [-0.39, 0.29) is 11.5 Å². The molecule has 22 heavy (non-hydrogen) atoms. The molecule has 2 aromatic rings. The van der Waals surface area contributed by atoms with Crippen LogP contribution in [0.15, 0.2) is 22.7 Å². The minimum atomic E-state index is -0.836. The van der Waals surface area contributed by atoms with Gasteiger partial charge >= 0.3 is 6.09 Å². The average Bonchev–Trinajstić information content (AvgIpc) is 2.70. The molecular formula is C17H21BrN2O2. The van der Waals surface area contributed by atoms with Crippen molar-refractivity contribution < 1.29 is 9.90 Å². The van der Waals surface area contributed by atoms with E-state index in [1.807, 2.05) is 7.05 Å². The number of carbonyl (C=O) groups is 1. The predicted molar refractivity (Wildman–Crippen MR) is 91.2 cm³/mol. The third-order valence-electron chi connectivity index (χ3n) is 4.56. The molecule has 2 heterocycles. The van der Waals surface area contributed by atoms with E-state index in [9.17, 15) is 9.90 Å². The van der Waals surface area contributed by atoms with Crippen LogP contribution >= 0.6 is 15.9 Å². The fourth-order valence-corrected chi connectivity index (χ4v) is 4.06. The summed E-state index contributed by atoms with van der Waals surface area (Å²) in [6, 6.07) is 6.16. The first-order valence-corrected chi connectivity index (χ1v) is 8.27. The van der Waals surface area contributed by atoms with Crippen LogP contribution in [0, 0.1) is 5.41 Å². The van der Waals surface area contributed by atoms with Gasteiger partial charge in [-0.3, -0.25) is 4.90 Å². The van der Waals surface area contributed by atoms with Gasteiger partial charge in [0.2, 0.25) is 0 Å². The summed E-state index contributed by atoms with van der Waals surface area (Å²) in [6.07, 6.45) is -0.0651. The number of nitrogens with zero attached hydrogens (tertiary/aromatic N) is 2. The van der Waals surface area contributed by atoms with Gasteiger partial charge in [0.1, 0.15) is 0 Å². The lowest BCUT2D eigenvalue weighted by atomic mass is 9.80. The van der Waals surface area contributed by atoms with Gasteiger partial charge in [0, 0.05) is 34.7 Å². The summed E-state index contributed by atoms with van der Waals surface area (Å²) in [6.45, 7) is 6.88. The molecule has 0 bridgehead atoms. The van der Waals surface area contributed by atoms with Crippen molar-refractivity contribution >= 4 is 32.9 Å². The van der Waals surface area contributed by atoms with Gasteiger partial charge in [0.25, 0.3) is 0 Å². The summed E-state index contributed by atoms with van der Waals surface area (Å²) in [5.74, 6) is 0. The number of aromatic nitrogens is 1. The molecule has 4 nitrogen and oxygen atoms in total. The summed E-state index contributed by atoms with van der Waals surface area (Å²) < 4.78 is 3.21. The maximum atomic E-state index is 11.7. The van der Waals surface area contributed by atoms with Crippen LogP contribution < -0.4 is 0 Å². The van der Waals surface area contributed by atoms with Crippen molar-refractivity contribution in [3.8, 4) is 0 Å². The summed E-state index contributed by atoms with van der Waals surface area (Å²) >= 11 is 3.53. The van der Waals surface area contributed by atoms with E-state index in [1.54, 1.807) is 4.90 Å². The highest BCUT2D eigenvalue weighted by molar-refractivity contribution is 9.10. The summed E-state index contributed by atoms with van der Waals surface area (Å²) in [7, 11) is 2.04. The van der Waals surface area contributed by atoms with E-state index in [2.05, 4.69) is 59.5 Å². The Kier molecular flexibility index (Phi) is 3.51. The second-order valence-corrected chi connectivity index (χ2v) is 7.99. The zero-order valence-electron chi connectivity index (χ0n) is 13.4. The fourth-order valence-electron chi connectivity index (χ4n) is 3.71. The highest BCUT2D eigenvalue weighted by Gasteiger charge is 2.41. The first kappa shape index (κ1) is 15.4. The lowest BCUT2D eigenvalue weighted by Crippen LogP contribution is -2.45. The molecule has 118 valence electrons. The molecule has 0 spiro atoms. The Balaban J connectivity index is 2.31. The lowest BCUT2D eigenvalue weighted by molar-refractivity contribution is 0.0725. The van der Waals surface area contributed by atoms with Crippen LogP contribution in [-0.2, 0) is 13.5 Å². The van der Waals surface area contributed by atoms with Crippen molar-refractivity contribution in [2.24, 2.45) is 12.5 Å². The Labute approximate surface area is 138 Å². The molecule has 1 atom stereocenters. The molecule has 5 heteroatoms. The topological polar surface area (TPSA) is 45.5 Å². The minimum absolute atomic E-state index is 0.134. The minimum Gasteiger partial charge on any atom is -0.465 e. The monoisotopic (exact) mass is 364 g/mol. The van der Waals surface area contributed by atoms with Crippen molar-refractivity contribution in [3.63, 3.8) is 0 Å². The number of hydrogen-bond acceptors (Lipinski definition) is 1. The number of benzene rings is 1. The third kappa shape index (κ3) is 2.22. The lowest BCUT2D eigenvalue weighted by Gasteiger charge is -2.42. The maximum absolute atomic E-state index is 11.7. The van der Waals surface area contributed by atoms with Gasteiger partial charge in [0.05, 0.1) is 6.04 Å². The van der Waals surface area contributed by atoms with Gasteiger partial charge in [-0.1, -0.05) is 42.8 Å². The first-order chi connectivity index (χ1) is 10.2. The van der Waals surface area contributed by atoms with Crippen LogP contribution in [0.3, 0.4) is 0 Å². The van der Waals surface area contributed by atoms with Crippen molar-refractivity contribution in [2.45, 2.75) is 33.2 Å². The normalized spacial score (nSPS) is 18.6. The molecule has 0 saturated carbocycles. The number of rotatable bonds is 0. The van der Waals surface area contributed by atoms with E-state index in [0.717, 1.165) is 22.1 Å². The first-order valence-electron chi connectivity index (χ1n) is 7.48. The van der Waals surface area contributed by atoms with Crippen molar-refractivity contribution in [1.82, 2.24) is 9.47 Å². The number of carboxylic acid groups (broad SMARTS) is 1. The van der Waals surface area contributed by atoms with Gasteiger partial charge in [-0.15, -0.1) is 0 Å². The van der Waals surface area contributed by atoms with Crippen molar-refractivity contribution in [1.29, 1.82) is 0 Å². The number of amides is 1. The molecule has 1 amide bonds. The number of halogens is 1. The summed E-state index contributed by atoms with van der Waals surface area (Å²) in [5.41, 5.74) is 3.42. The number of hydrogen-bond donors (Lipinski definition) is 1. The molecule has 1 aliphatic rings. The third-order valence-corrected chi connectivity index (χ3v) is 5.05. The highest BCUT2D eigenvalue weighted by Crippen LogP contribution is 2.45. The smallest absolute Gasteiger partial charge is 0.407 e. The Morgan fingerprint density at radius 3 is 2.64 bits per heavy atom. The van der Waals surface area contributed by atoms with E-state index in [1.165, 1.54) is 10.9 Å². The van der Waals surface area contributed by atoms with Gasteiger partial charge in [0.15, 0.2) is 0 Å². The Morgan fingerprint density at radius 2 is 2.05 bits per heavy atom. The molecular weight excluding hydrogens is 344 g/mol. The van der Waals surface area contributed by atoms with E-state index in [4.69, 9.17) is 0 Å². The van der Waals surface area contributed by atoms with Crippen LogP contribution in [-0.4, -0.2) is 27.2 Å². The number of fused-ring (bicyclic) bond motifs is 3. The number of aryl methyl sites for hydroxylation is 1. The Hall–Kier alpha value is -1.49. The Bertz CT molecular complexity index is 758. The van der Waals surface area contributed by atoms with Crippen LogP contribution in [0.5, 0.6) is 0 Å². The van der Waals surface area contributed by atoms with E-state index < -0.39 is 6.09 Å². The van der Waals surface area contributed by atoms with Gasteiger partial charge in [-0.2, -0.15) is 0 Å². The Morgan fingerprint density at radius 1 is 1.36 bits per heavy atom. The van der Waals surface area contributed by atoms with Crippen LogP contribution in [0.25, 0.3) is 10.9 Å². The average molecular weight is 365 g/mol. The highest BCUT2D eigenvalue weighted by atomic mass is 79.9. The molecule has 1 aromatic carbocycles. The van der Waals surface area contributed by atoms with Crippen molar-refractivity contribution in [2.75, 3.05) is 6.54 Å². The molecule has 1 aromatic heterocycles. The van der Waals surface area contributed by atoms with Gasteiger partial charge in [-0.25, -0.2) is 4.79 Å². The van der Waals surface area contributed by atoms with Crippen LogP contribution in [0.2, 0.25) is 0 Å². The predicted octanol–water partition coefficient (Wildman–Crippen LogP) is 4.56. The molecule has 0 aliphatic carbocycles. The van der Waals surface area contributed by atoms with Crippen LogP contribution in [0.4, 0.5) is 4.79 Å². The molecule has 0 fully saturated rings. The maximum Gasteiger partial charge on any atom is 0.407 e. The van der Waals surface area contributed by atoms with Crippen molar-refractivity contribution in [3.05, 3.63) is 33.9 Å². The second-order valence-electron chi connectivity index (χ2n) is 7.08. The summed E-state index contributed by atoms with van der Waals surface area (Å²) in [4.78, 5) is 13.3. The summed E-state index contributed by atoms with van der Waals surface area (Å²) in [5, 5.41) is 10.9. The zero-order valence-corrected chi connectivity index (χ0v) is 14.9. The molecule has 1 aliphatic heterocycles. The largest absolute Gasteiger partial charge is 0.465 e. The molecule has 0 saturated heterocycles.